The molecule has 21 heavy (non-hydrogen) atoms. The summed E-state index contributed by atoms with van der Waals surface area (Å²) in [7, 11) is 1.67. The maximum Gasteiger partial charge on any atom is 0.162 e. The van der Waals surface area contributed by atoms with E-state index in [0.29, 0.717) is 17.9 Å². The molecule has 118 valence electrons. The molecule has 1 saturated carbocycles. The SMILES string of the molecule is COC1(C(Cc2cccc(F)c2F)NN)CCCC(C)C1. The summed E-state index contributed by atoms with van der Waals surface area (Å²) in [4.78, 5) is 0. The first-order chi connectivity index (χ1) is 10.0. The first-order valence-corrected chi connectivity index (χ1v) is 7.46. The summed E-state index contributed by atoms with van der Waals surface area (Å²) >= 11 is 0. The van der Waals surface area contributed by atoms with Crippen LogP contribution in [-0.2, 0) is 11.2 Å². The van der Waals surface area contributed by atoms with Gasteiger partial charge in [-0.05, 0) is 36.8 Å². The second kappa shape index (κ2) is 6.81. The van der Waals surface area contributed by atoms with Gasteiger partial charge in [-0.3, -0.25) is 11.3 Å². The Bertz CT molecular complexity index is 483. The summed E-state index contributed by atoms with van der Waals surface area (Å²) < 4.78 is 33.0. The molecule has 1 aromatic carbocycles. The third-order valence-electron chi connectivity index (χ3n) is 4.69. The molecule has 1 aliphatic carbocycles. The number of nitrogens with one attached hydrogen (secondary N) is 1. The minimum Gasteiger partial charge on any atom is -0.377 e. The molecular formula is C16H24F2N2O. The van der Waals surface area contributed by atoms with Crippen LogP contribution < -0.4 is 11.3 Å². The maximum absolute atomic E-state index is 13.9. The van der Waals surface area contributed by atoms with Gasteiger partial charge in [0.15, 0.2) is 11.6 Å². The van der Waals surface area contributed by atoms with Crippen molar-refractivity contribution in [3.63, 3.8) is 0 Å². The number of halogens is 2. The van der Waals surface area contributed by atoms with Gasteiger partial charge in [-0.1, -0.05) is 31.9 Å². The van der Waals surface area contributed by atoms with Gasteiger partial charge in [-0.2, -0.15) is 0 Å². The van der Waals surface area contributed by atoms with Crippen molar-refractivity contribution in [2.24, 2.45) is 11.8 Å². The fourth-order valence-corrected chi connectivity index (χ4v) is 3.51. The smallest absolute Gasteiger partial charge is 0.162 e. The zero-order chi connectivity index (χ0) is 15.5. The molecule has 0 amide bonds. The lowest BCUT2D eigenvalue weighted by Gasteiger charge is -2.44. The van der Waals surface area contributed by atoms with E-state index in [9.17, 15) is 8.78 Å². The highest BCUT2D eigenvalue weighted by Gasteiger charge is 2.42. The molecule has 3 unspecified atom stereocenters. The van der Waals surface area contributed by atoms with E-state index in [4.69, 9.17) is 10.6 Å². The Morgan fingerprint density at radius 1 is 1.48 bits per heavy atom. The van der Waals surface area contributed by atoms with Crippen LogP contribution in [0.2, 0.25) is 0 Å². The normalized spacial score (nSPS) is 27.6. The summed E-state index contributed by atoms with van der Waals surface area (Å²) in [6.07, 6.45) is 4.27. The van der Waals surface area contributed by atoms with Crippen LogP contribution in [0.3, 0.4) is 0 Å². The average molecular weight is 298 g/mol. The van der Waals surface area contributed by atoms with Crippen molar-refractivity contribution in [2.45, 2.75) is 50.7 Å². The maximum atomic E-state index is 13.9. The van der Waals surface area contributed by atoms with Crippen molar-refractivity contribution < 1.29 is 13.5 Å². The summed E-state index contributed by atoms with van der Waals surface area (Å²) in [6, 6.07) is 3.99. The molecule has 3 nitrogen and oxygen atoms in total. The summed E-state index contributed by atoms with van der Waals surface area (Å²) in [5.74, 6) is 4.61. The number of methoxy groups -OCH3 is 1. The molecule has 1 fully saturated rings. The van der Waals surface area contributed by atoms with Crippen LogP contribution in [0.5, 0.6) is 0 Å². The molecule has 0 saturated heterocycles. The van der Waals surface area contributed by atoms with Crippen LogP contribution >= 0.6 is 0 Å². The first kappa shape index (κ1) is 16.3. The van der Waals surface area contributed by atoms with Crippen molar-refractivity contribution in [2.75, 3.05) is 7.11 Å². The topological polar surface area (TPSA) is 47.3 Å². The zero-order valence-corrected chi connectivity index (χ0v) is 12.7. The van der Waals surface area contributed by atoms with Crippen LogP contribution in [0, 0.1) is 17.6 Å². The summed E-state index contributed by atoms with van der Waals surface area (Å²) in [5.41, 5.74) is 2.67. The van der Waals surface area contributed by atoms with E-state index in [1.54, 1.807) is 13.2 Å². The summed E-state index contributed by atoms with van der Waals surface area (Å²) in [6.45, 7) is 2.18. The molecule has 0 aromatic heterocycles. The molecule has 0 bridgehead atoms. The second-order valence-corrected chi connectivity index (χ2v) is 6.11. The van der Waals surface area contributed by atoms with Gasteiger partial charge in [0.1, 0.15) is 0 Å². The second-order valence-electron chi connectivity index (χ2n) is 6.11. The van der Waals surface area contributed by atoms with Gasteiger partial charge in [0.2, 0.25) is 0 Å². The number of hydrazine groups is 1. The van der Waals surface area contributed by atoms with Crippen molar-refractivity contribution in [1.29, 1.82) is 0 Å². The van der Waals surface area contributed by atoms with Crippen molar-refractivity contribution >= 4 is 0 Å². The highest BCUT2D eigenvalue weighted by molar-refractivity contribution is 5.21. The molecule has 0 heterocycles. The van der Waals surface area contributed by atoms with E-state index in [1.165, 1.54) is 6.07 Å². The van der Waals surface area contributed by atoms with Crippen LogP contribution in [0.1, 0.15) is 38.2 Å². The van der Waals surface area contributed by atoms with E-state index in [0.717, 1.165) is 31.7 Å². The van der Waals surface area contributed by atoms with Crippen molar-refractivity contribution in [3.05, 3.63) is 35.4 Å². The fraction of sp³-hybridized carbons (Fsp3) is 0.625. The van der Waals surface area contributed by atoms with Gasteiger partial charge in [0, 0.05) is 7.11 Å². The molecule has 0 aliphatic heterocycles. The van der Waals surface area contributed by atoms with Crippen LogP contribution in [0.4, 0.5) is 8.78 Å². The van der Waals surface area contributed by atoms with E-state index in [2.05, 4.69) is 12.3 Å². The van der Waals surface area contributed by atoms with Gasteiger partial charge in [0.05, 0.1) is 11.6 Å². The lowest BCUT2D eigenvalue weighted by molar-refractivity contribution is -0.0792. The quantitative estimate of drug-likeness (QED) is 0.649. The van der Waals surface area contributed by atoms with Crippen molar-refractivity contribution in [1.82, 2.24) is 5.43 Å². The number of nitrogens with two attached hydrogens (primary N) is 1. The number of ether oxygens (including phenoxy) is 1. The van der Waals surface area contributed by atoms with Crippen LogP contribution in [0.15, 0.2) is 18.2 Å². The Balaban J connectivity index is 2.23. The minimum absolute atomic E-state index is 0.249. The third kappa shape index (κ3) is 3.42. The molecule has 0 spiro atoms. The predicted octanol–water partition coefficient (Wildman–Crippen LogP) is 2.93. The monoisotopic (exact) mass is 298 g/mol. The Hall–Kier alpha value is -1.04. The molecule has 1 aromatic rings. The van der Waals surface area contributed by atoms with Crippen LogP contribution in [0.25, 0.3) is 0 Å². The van der Waals surface area contributed by atoms with Crippen molar-refractivity contribution in [3.8, 4) is 0 Å². The van der Waals surface area contributed by atoms with Crippen LogP contribution in [-0.4, -0.2) is 18.8 Å². The number of hydrogen-bond acceptors (Lipinski definition) is 3. The van der Waals surface area contributed by atoms with Gasteiger partial charge in [0.25, 0.3) is 0 Å². The van der Waals surface area contributed by atoms with E-state index in [1.807, 2.05) is 0 Å². The Kier molecular flexibility index (Phi) is 5.30. The molecule has 0 radical (unpaired) electrons. The molecule has 3 N–H and O–H groups in total. The summed E-state index contributed by atoms with van der Waals surface area (Å²) in [5, 5.41) is 0. The molecule has 5 heteroatoms. The zero-order valence-electron chi connectivity index (χ0n) is 12.7. The van der Waals surface area contributed by atoms with E-state index in [-0.39, 0.29) is 6.04 Å². The Morgan fingerprint density at radius 3 is 2.86 bits per heavy atom. The largest absolute Gasteiger partial charge is 0.377 e. The van der Waals surface area contributed by atoms with Gasteiger partial charge < -0.3 is 4.74 Å². The van der Waals surface area contributed by atoms with E-state index >= 15 is 0 Å². The minimum atomic E-state index is -0.827. The fourth-order valence-electron chi connectivity index (χ4n) is 3.51. The average Bonchev–Trinajstić information content (AvgIpc) is 2.48. The van der Waals surface area contributed by atoms with Gasteiger partial charge >= 0.3 is 0 Å². The highest BCUT2D eigenvalue weighted by atomic mass is 19.2. The molecule has 2 rings (SSSR count). The predicted molar refractivity (Wildman–Crippen MR) is 78.5 cm³/mol. The molecule has 3 atom stereocenters. The van der Waals surface area contributed by atoms with E-state index < -0.39 is 17.2 Å². The molecular weight excluding hydrogens is 274 g/mol. The Labute approximate surface area is 124 Å². The standard InChI is InChI=1S/C16H24F2N2O/c1-11-5-4-8-16(10-11,21-2)14(20-19)9-12-6-3-7-13(17)15(12)18/h3,6-7,11,14,20H,4-5,8-10,19H2,1-2H3. The van der Waals surface area contributed by atoms with Gasteiger partial charge in [-0.15, -0.1) is 0 Å². The first-order valence-electron chi connectivity index (χ1n) is 7.46. The Morgan fingerprint density at radius 2 is 2.24 bits per heavy atom. The number of hydrogen-bond donors (Lipinski definition) is 2. The molecule has 1 aliphatic rings. The lowest BCUT2D eigenvalue weighted by Crippen LogP contribution is -2.57. The van der Waals surface area contributed by atoms with Gasteiger partial charge in [-0.25, -0.2) is 8.78 Å². The highest BCUT2D eigenvalue weighted by Crippen LogP contribution is 2.38. The number of rotatable bonds is 5. The third-order valence-corrected chi connectivity index (χ3v) is 4.69. The lowest BCUT2D eigenvalue weighted by atomic mass is 9.73. The number of benzene rings is 1.